The Balaban J connectivity index is 1.03. The lowest BCUT2D eigenvalue weighted by Crippen LogP contribution is -2.22. The summed E-state index contributed by atoms with van der Waals surface area (Å²) in [7, 11) is 0. The zero-order valence-corrected chi connectivity index (χ0v) is 31.4. The molecule has 268 valence electrons. The lowest BCUT2D eigenvalue weighted by atomic mass is 9.74. The van der Waals surface area contributed by atoms with Crippen molar-refractivity contribution in [1.29, 1.82) is 0 Å². The van der Waals surface area contributed by atoms with Gasteiger partial charge in [-0.15, -0.1) is 0 Å². The highest BCUT2D eigenvalue weighted by molar-refractivity contribution is 6.09. The zero-order valence-electron chi connectivity index (χ0n) is 31.4. The van der Waals surface area contributed by atoms with Crippen molar-refractivity contribution in [3.8, 4) is 67.3 Å². The topological polar surface area (TPSA) is 38.9 Å². The Morgan fingerprint density at radius 2 is 0.982 bits per heavy atom. The number of nitrogens with zero attached hydrogens (tertiary/aromatic N) is 2. The number of para-hydroxylation sites is 2. The van der Waals surface area contributed by atoms with Crippen LogP contribution in [-0.2, 0) is 5.41 Å². The number of benzene rings is 8. The van der Waals surface area contributed by atoms with Gasteiger partial charge in [0.2, 0.25) is 0 Å². The van der Waals surface area contributed by atoms with E-state index in [0.29, 0.717) is 5.82 Å². The van der Waals surface area contributed by atoms with E-state index in [9.17, 15) is 0 Å². The molecule has 1 atom stereocenters. The molecule has 1 unspecified atom stereocenters. The second-order valence-corrected chi connectivity index (χ2v) is 15.0. The smallest absolute Gasteiger partial charge is 0.160 e. The van der Waals surface area contributed by atoms with Crippen molar-refractivity contribution in [1.82, 2.24) is 9.97 Å². The van der Waals surface area contributed by atoms with Gasteiger partial charge in [0.1, 0.15) is 11.2 Å². The summed E-state index contributed by atoms with van der Waals surface area (Å²) in [5.74, 6) is 0.690. The van der Waals surface area contributed by atoms with Gasteiger partial charge in [-0.3, -0.25) is 0 Å². The predicted molar refractivity (Wildman–Crippen MR) is 234 cm³/mol. The van der Waals surface area contributed by atoms with Gasteiger partial charge in [-0.05, 0) is 69.6 Å². The molecule has 10 aromatic rings. The van der Waals surface area contributed by atoms with Crippen molar-refractivity contribution in [3.05, 3.63) is 217 Å². The lowest BCUT2D eigenvalue weighted by molar-refractivity contribution is 0.670. The standard InChI is InChI=1S/C54H36N2O/c1-54(39-17-6-3-7-18-39)47-25-12-10-20-42(47)46-33-38(31-32-48(46)54)40-19-8-9-21-43(40)50-34-49(55-53(56-50)37-15-4-2-5-16-37)36-29-27-35(28-30-36)41-23-14-24-45-44-22-11-13-26-51(44)57-52(41)45/h2-34H,1H3. The number of rotatable bonds is 6. The summed E-state index contributed by atoms with van der Waals surface area (Å²) in [5.41, 5.74) is 17.3. The average molecular weight is 729 g/mol. The van der Waals surface area contributed by atoms with Crippen molar-refractivity contribution in [2.75, 3.05) is 0 Å². The van der Waals surface area contributed by atoms with Crippen LogP contribution in [0.25, 0.3) is 89.2 Å². The Kier molecular flexibility index (Phi) is 7.61. The van der Waals surface area contributed by atoms with Gasteiger partial charge in [0.25, 0.3) is 0 Å². The molecule has 0 saturated carbocycles. The van der Waals surface area contributed by atoms with Crippen molar-refractivity contribution < 1.29 is 4.42 Å². The number of fused-ring (bicyclic) bond motifs is 6. The molecule has 57 heavy (non-hydrogen) atoms. The van der Waals surface area contributed by atoms with Crippen LogP contribution < -0.4 is 0 Å². The molecule has 0 N–H and O–H groups in total. The second-order valence-electron chi connectivity index (χ2n) is 15.0. The van der Waals surface area contributed by atoms with Crippen LogP contribution in [0.4, 0.5) is 0 Å². The van der Waals surface area contributed by atoms with Gasteiger partial charge in [-0.25, -0.2) is 9.97 Å². The van der Waals surface area contributed by atoms with E-state index in [1.165, 1.54) is 27.8 Å². The normalized spacial score (nSPS) is 14.5. The first kappa shape index (κ1) is 33.0. The van der Waals surface area contributed by atoms with Crippen LogP contribution in [0.5, 0.6) is 0 Å². The Bertz CT molecular complexity index is 3130. The number of furan rings is 1. The van der Waals surface area contributed by atoms with Crippen LogP contribution >= 0.6 is 0 Å². The highest BCUT2D eigenvalue weighted by atomic mass is 16.3. The quantitative estimate of drug-likeness (QED) is 0.171. The van der Waals surface area contributed by atoms with Gasteiger partial charge >= 0.3 is 0 Å². The molecule has 0 aliphatic heterocycles. The summed E-state index contributed by atoms with van der Waals surface area (Å²) in [4.78, 5) is 10.4. The second kappa shape index (κ2) is 13.1. The van der Waals surface area contributed by atoms with Gasteiger partial charge in [0, 0.05) is 38.4 Å². The van der Waals surface area contributed by atoms with E-state index in [0.717, 1.165) is 72.3 Å². The van der Waals surface area contributed by atoms with E-state index in [1.54, 1.807) is 0 Å². The Hall–Kier alpha value is -7.36. The first-order valence-corrected chi connectivity index (χ1v) is 19.5. The fourth-order valence-corrected chi connectivity index (χ4v) is 8.95. The number of hydrogen-bond acceptors (Lipinski definition) is 3. The third-order valence-electron chi connectivity index (χ3n) is 11.8. The molecule has 0 amide bonds. The summed E-state index contributed by atoms with van der Waals surface area (Å²) in [6, 6.07) is 71.0. The number of aromatic nitrogens is 2. The van der Waals surface area contributed by atoms with Crippen LogP contribution in [0.3, 0.4) is 0 Å². The molecule has 0 fully saturated rings. The van der Waals surface area contributed by atoms with Gasteiger partial charge < -0.3 is 4.42 Å². The molecular formula is C54H36N2O. The summed E-state index contributed by atoms with van der Waals surface area (Å²) < 4.78 is 6.38. The maximum absolute atomic E-state index is 6.38. The minimum absolute atomic E-state index is 0.245. The Morgan fingerprint density at radius 3 is 1.81 bits per heavy atom. The molecule has 0 radical (unpaired) electrons. The van der Waals surface area contributed by atoms with Gasteiger partial charge in [-0.1, -0.05) is 182 Å². The molecule has 0 bridgehead atoms. The third-order valence-corrected chi connectivity index (χ3v) is 11.8. The van der Waals surface area contributed by atoms with Gasteiger partial charge in [-0.2, -0.15) is 0 Å². The molecule has 0 saturated heterocycles. The van der Waals surface area contributed by atoms with E-state index in [4.69, 9.17) is 14.4 Å². The SMILES string of the molecule is CC1(c2ccccc2)c2ccccc2-c2cc(-c3ccccc3-c3cc(-c4ccc(-c5cccc6c5oc5ccccc56)cc4)nc(-c4ccccc4)n3)ccc21. The molecule has 8 aromatic carbocycles. The summed E-state index contributed by atoms with van der Waals surface area (Å²) in [6.45, 7) is 2.36. The maximum atomic E-state index is 6.38. The van der Waals surface area contributed by atoms with E-state index in [-0.39, 0.29) is 5.41 Å². The van der Waals surface area contributed by atoms with Crippen molar-refractivity contribution in [2.45, 2.75) is 12.3 Å². The first-order chi connectivity index (χ1) is 28.1. The highest BCUT2D eigenvalue weighted by Crippen LogP contribution is 2.53. The molecule has 2 heterocycles. The monoisotopic (exact) mass is 728 g/mol. The summed E-state index contributed by atoms with van der Waals surface area (Å²) >= 11 is 0. The molecule has 11 rings (SSSR count). The summed E-state index contributed by atoms with van der Waals surface area (Å²) in [6.07, 6.45) is 0. The van der Waals surface area contributed by atoms with Crippen molar-refractivity contribution >= 4 is 21.9 Å². The summed E-state index contributed by atoms with van der Waals surface area (Å²) in [5, 5.41) is 2.25. The zero-order chi connectivity index (χ0) is 37.9. The Morgan fingerprint density at radius 1 is 0.386 bits per heavy atom. The molecule has 2 aromatic heterocycles. The van der Waals surface area contributed by atoms with E-state index in [1.807, 2.05) is 30.3 Å². The van der Waals surface area contributed by atoms with Gasteiger partial charge in [0.05, 0.1) is 11.4 Å². The lowest BCUT2D eigenvalue weighted by Gasteiger charge is -2.28. The fraction of sp³-hybridized carbons (Fsp3) is 0.0370. The molecule has 0 spiro atoms. The fourth-order valence-electron chi connectivity index (χ4n) is 8.95. The van der Waals surface area contributed by atoms with E-state index < -0.39 is 0 Å². The minimum atomic E-state index is -0.245. The van der Waals surface area contributed by atoms with Gasteiger partial charge in [0.15, 0.2) is 5.82 Å². The molecule has 3 nitrogen and oxygen atoms in total. The number of hydrogen-bond donors (Lipinski definition) is 0. The minimum Gasteiger partial charge on any atom is -0.455 e. The van der Waals surface area contributed by atoms with Crippen LogP contribution in [-0.4, -0.2) is 9.97 Å². The van der Waals surface area contributed by atoms with Crippen LogP contribution in [0.1, 0.15) is 23.6 Å². The van der Waals surface area contributed by atoms with Crippen molar-refractivity contribution in [3.63, 3.8) is 0 Å². The Labute approximate surface area is 331 Å². The van der Waals surface area contributed by atoms with E-state index >= 15 is 0 Å². The predicted octanol–water partition coefficient (Wildman–Crippen LogP) is 14.0. The van der Waals surface area contributed by atoms with Crippen molar-refractivity contribution in [2.24, 2.45) is 0 Å². The first-order valence-electron chi connectivity index (χ1n) is 19.5. The molecule has 1 aliphatic rings. The molecular weight excluding hydrogens is 693 g/mol. The third kappa shape index (κ3) is 5.35. The average Bonchev–Trinajstić information content (AvgIpc) is 3.80. The van der Waals surface area contributed by atoms with E-state index in [2.05, 4.69) is 177 Å². The highest BCUT2D eigenvalue weighted by Gasteiger charge is 2.40. The largest absolute Gasteiger partial charge is 0.455 e. The maximum Gasteiger partial charge on any atom is 0.160 e. The molecule has 1 aliphatic carbocycles. The molecule has 3 heteroatoms. The van der Waals surface area contributed by atoms with Crippen LogP contribution in [0, 0.1) is 0 Å². The van der Waals surface area contributed by atoms with Crippen LogP contribution in [0.15, 0.2) is 205 Å². The van der Waals surface area contributed by atoms with Crippen LogP contribution in [0.2, 0.25) is 0 Å².